The molecule has 1 nitrogen and oxygen atoms in total. The minimum absolute atomic E-state index is 0.934. The van der Waals surface area contributed by atoms with Crippen LogP contribution in [0.2, 0.25) is 0 Å². The highest BCUT2D eigenvalue weighted by Crippen LogP contribution is 2.31. The van der Waals surface area contributed by atoms with Gasteiger partial charge in [-0.15, -0.1) is 23.1 Å². The van der Waals surface area contributed by atoms with Crippen LogP contribution in [0.3, 0.4) is 0 Å². The van der Waals surface area contributed by atoms with Crippen molar-refractivity contribution < 1.29 is 0 Å². The summed E-state index contributed by atoms with van der Waals surface area (Å²) in [5.41, 5.74) is 1.27. The van der Waals surface area contributed by atoms with Crippen molar-refractivity contribution in [3.63, 3.8) is 0 Å². The van der Waals surface area contributed by atoms with Gasteiger partial charge in [0.1, 0.15) is 4.99 Å². The third-order valence-corrected chi connectivity index (χ3v) is 4.72. The first kappa shape index (κ1) is 9.49. The summed E-state index contributed by atoms with van der Waals surface area (Å²) in [6, 6.07) is 2.21. The minimum atomic E-state index is 0.934. The van der Waals surface area contributed by atoms with Gasteiger partial charge < -0.3 is 5.32 Å². The van der Waals surface area contributed by atoms with Crippen molar-refractivity contribution in [3.05, 3.63) is 16.5 Å². The maximum absolute atomic E-state index is 5.29. The van der Waals surface area contributed by atoms with Crippen molar-refractivity contribution in [2.45, 2.75) is 17.1 Å². The fraction of sp³-hybridized carbons (Fsp3) is 0.444. The largest absolute Gasteiger partial charge is 0.376 e. The van der Waals surface area contributed by atoms with Crippen molar-refractivity contribution in [1.82, 2.24) is 5.32 Å². The van der Waals surface area contributed by atoms with E-state index in [1.807, 2.05) is 11.3 Å². The fourth-order valence-electron chi connectivity index (χ4n) is 1.43. The molecule has 2 heterocycles. The van der Waals surface area contributed by atoms with E-state index in [-0.39, 0.29) is 0 Å². The topological polar surface area (TPSA) is 12.0 Å². The summed E-state index contributed by atoms with van der Waals surface area (Å²) in [4.78, 5) is 2.39. The van der Waals surface area contributed by atoms with E-state index < -0.39 is 0 Å². The number of aryl methyl sites for hydroxylation is 1. The Hall–Kier alpha value is -0.0600. The first-order valence-corrected chi connectivity index (χ1v) is 6.71. The summed E-state index contributed by atoms with van der Waals surface area (Å²) < 4.78 is 1.37. The second-order valence-electron chi connectivity index (χ2n) is 2.97. The number of nitrogens with one attached hydrogen (secondary N) is 1. The van der Waals surface area contributed by atoms with E-state index >= 15 is 0 Å². The molecule has 0 unspecified atom stereocenters. The zero-order valence-electron chi connectivity index (χ0n) is 7.42. The van der Waals surface area contributed by atoms with Crippen molar-refractivity contribution in [1.29, 1.82) is 0 Å². The van der Waals surface area contributed by atoms with Gasteiger partial charge in [0.25, 0.3) is 0 Å². The zero-order valence-corrected chi connectivity index (χ0v) is 9.87. The smallest absolute Gasteiger partial charge is 0.107 e. The molecular weight excluding hydrogens is 218 g/mol. The van der Waals surface area contributed by atoms with Crippen LogP contribution in [-0.2, 0) is 6.42 Å². The Labute approximate surface area is 91.9 Å². The van der Waals surface area contributed by atoms with Crippen LogP contribution in [-0.4, -0.2) is 17.8 Å². The Morgan fingerprint density at radius 3 is 3.23 bits per heavy atom. The molecule has 0 saturated carbocycles. The Kier molecular flexibility index (Phi) is 2.91. The average molecular weight is 229 g/mol. The van der Waals surface area contributed by atoms with Gasteiger partial charge in [-0.2, -0.15) is 0 Å². The summed E-state index contributed by atoms with van der Waals surface area (Å²) in [5.74, 6) is 0. The van der Waals surface area contributed by atoms with Gasteiger partial charge >= 0.3 is 0 Å². The molecule has 0 atom stereocenters. The number of thiocarbonyl (C=S) groups is 1. The lowest BCUT2D eigenvalue weighted by atomic mass is 10.2. The van der Waals surface area contributed by atoms with E-state index in [1.54, 1.807) is 11.8 Å². The highest BCUT2D eigenvalue weighted by molar-refractivity contribution is 8.00. The van der Waals surface area contributed by atoms with E-state index in [0.29, 0.717) is 0 Å². The molecule has 0 aromatic carbocycles. The normalized spacial score (nSPS) is 16.2. The summed E-state index contributed by atoms with van der Waals surface area (Å²) >= 11 is 8.98. The average Bonchev–Trinajstić information content (AvgIpc) is 2.48. The summed E-state index contributed by atoms with van der Waals surface area (Å²) in [6.07, 6.45) is 4.48. The van der Waals surface area contributed by atoms with Gasteiger partial charge in [-0.3, -0.25) is 0 Å². The lowest BCUT2D eigenvalue weighted by Gasteiger charge is -2.00. The van der Waals surface area contributed by atoms with Gasteiger partial charge in [0.15, 0.2) is 0 Å². The summed E-state index contributed by atoms with van der Waals surface area (Å²) in [5, 5.41) is 3.27. The van der Waals surface area contributed by atoms with E-state index in [0.717, 1.165) is 11.5 Å². The first-order valence-electron chi connectivity index (χ1n) is 4.26. The second kappa shape index (κ2) is 3.98. The van der Waals surface area contributed by atoms with Crippen molar-refractivity contribution in [2.75, 3.05) is 12.8 Å². The Morgan fingerprint density at radius 1 is 1.62 bits per heavy atom. The van der Waals surface area contributed by atoms with Crippen LogP contribution >= 0.6 is 35.3 Å². The maximum atomic E-state index is 5.29. The predicted molar refractivity (Wildman–Crippen MR) is 64.1 cm³/mol. The zero-order chi connectivity index (χ0) is 9.26. The molecule has 1 aromatic rings. The molecule has 0 saturated heterocycles. The fourth-order valence-corrected chi connectivity index (χ4v) is 3.59. The highest BCUT2D eigenvalue weighted by Gasteiger charge is 2.15. The third kappa shape index (κ3) is 1.90. The monoisotopic (exact) mass is 229 g/mol. The molecule has 0 radical (unpaired) electrons. The van der Waals surface area contributed by atoms with E-state index in [9.17, 15) is 0 Å². The van der Waals surface area contributed by atoms with Gasteiger partial charge in [-0.1, -0.05) is 12.2 Å². The number of rotatable bonds is 1. The summed E-state index contributed by atoms with van der Waals surface area (Å²) in [7, 11) is 0. The second-order valence-corrected chi connectivity index (χ2v) is 5.62. The van der Waals surface area contributed by atoms with Crippen LogP contribution < -0.4 is 5.32 Å². The molecule has 0 bridgehead atoms. The van der Waals surface area contributed by atoms with E-state index in [1.165, 1.54) is 27.5 Å². The van der Waals surface area contributed by atoms with Crippen LogP contribution in [0.4, 0.5) is 0 Å². The lowest BCUT2D eigenvalue weighted by Crippen LogP contribution is -2.20. The first-order chi connectivity index (χ1) is 6.31. The van der Waals surface area contributed by atoms with Gasteiger partial charge in [0, 0.05) is 17.0 Å². The van der Waals surface area contributed by atoms with Gasteiger partial charge in [-0.25, -0.2) is 0 Å². The molecule has 1 aliphatic heterocycles. The number of thiophene rings is 1. The minimum Gasteiger partial charge on any atom is -0.376 e. The van der Waals surface area contributed by atoms with Crippen LogP contribution in [0.25, 0.3) is 0 Å². The molecule has 0 spiro atoms. The van der Waals surface area contributed by atoms with Crippen molar-refractivity contribution in [3.8, 4) is 0 Å². The van der Waals surface area contributed by atoms with Gasteiger partial charge in [0.05, 0.1) is 4.21 Å². The number of thioether (sulfide) groups is 1. The third-order valence-electron chi connectivity index (χ3n) is 2.10. The molecule has 1 N–H and O–H groups in total. The van der Waals surface area contributed by atoms with Gasteiger partial charge in [0.2, 0.25) is 0 Å². The van der Waals surface area contributed by atoms with Crippen LogP contribution in [0.1, 0.15) is 16.9 Å². The Morgan fingerprint density at radius 2 is 2.46 bits per heavy atom. The lowest BCUT2D eigenvalue weighted by molar-refractivity contribution is 0.800. The van der Waals surface area contributed by atoms with Crippen LogP contribution in [0.5, 0.6) is 0 Å². The number of hydrogen-bond acceptors (Lipinski definition) is 3. The Balaban J connectivity index is 2.39. The molecule has 4 heteroatoms. The molecule has 0 fully saturated rings. The number of hydrogen-bond donors (Lipinski definition) is 1. The molecule has 2 rings (SSSR count). The quantitative estimate of drug-likeness (QED) is 0.587. The maximum Gasteiger partial charge on any atom is 0.107 e. The molecule has 1 aromatic heterocycles. The molecule has 0 aliphatic carbocycles. The Bertz CT molecular complexity index is 330. The van der Waals surface area contributed by atoms with Crippen LogP contribution in [0, 0.1) is 0 Å². The summed E-state index contributed by atoms with van der Waals surface area (Å²) in [6.45, 7) is 1.02. The van der Waals surface area contributed by atoms with Crippen molar-refractivity contribution >= 4 is 40.3 Å². The van der Waals surface area contributed by atoms with E-state index in [4.69, 9.17) is 12.2 Å². The molecule has 13 heavy (non-hydrogen) atoms. The van der Waals surface area contributed by atoms with Gasteiger partial charge in [-0.05, 0) is 25.2 Å². The molecule has 0 amide bonds. The van der Waals surface area contributed by atoms with Crippen LogP contribution in [0.15, 0.2) is 10.3 Å². The highest BCUT2D eigenvalue weighted by atomic mass is 32.2. The molecule has 70 valence electrons. The SMILES string of the molecule is CSc1cc2c(s1)CCCNC2=S. The number of fused-ring (bicyclic) bond motifs is 1. The standard InChI is InChI=1S/C9H11NS3/c1-12-8-5-6-7(13-8)3-2-4-10-9(6)11/h5H,2-4H2,1H3,(H,10,11). The predicted octanol–water partition coefficient (Wildman–Crippen LogP) is 2.68. The molecular formula is C9H11NS3. The molecule has 1 aliphatic rings. The van der Waals surface area contributed by atoms with E-state index in [2.05, 4.69) is 17.6 Å². The van der Waals surface area contributed by atoms with Crippen molar-refractivity contribution in [2.24, 2.45) is 0 Å².